The highest BCUT2D eigenvalue weighted by atomic mass is 16.5. The summed E-state index contributed by atoms with van der Waals surface area (Å²) in [5.41, 5.74) is 7.67. The van der Waals surface area contributed by atoms with Gasteiger partial charge in [-0.15, -0.1) is 0 Å². The molecule has 5 aromatic carbocycles. The summed E-state index contributed by atoms with van der Waals surface area (Å²) in [6.07, 6.45) is 6.60. The number of hydrogen-bond donors (Lipinski definition) is 0. The predicted molar refractivity (Wildman–Crippen MR) is 174 cm³/mol. The molecule has 0 amide bonds. The van der Waals surface area contributed by atoms with E-state index < -0.39 is 0 Å². The minimum atomic E-state index is -0.0878. The van der Waals surface area contributed by atoms with Crippen molar-refractivity contribution in [2.45, 2.75) is 12.0 Å². The van der Waals surface area contributed by atoms with Crippen LogP contribution in [0.2, 0.25) is 0 Å². The lowest BCUT2D eigenvalue weighted by molar-refractivity contribution is 0.269. The van der Waals surface area contributed by atoms with Crippen molar-refractivity contribution in [1.29, 1.82) is 0 Å². The Morgan fingerprint density at radius 3 is 2.00 bits per heavy atom. The van der Waals surface area contributed by atoms with Gasteiger partial charge in [-0.05, 0) is 41.5 Å². The molecule has 2 aromatic heterocycles. The highest BCUT2D eigenvalue weighted by molar-refractivity contribution is 6.14. The van der Waals surface area contributed by atoms with E-state index >= 15 is 0 Å². The quantitative estimate of drug-likeness (QED) is 0.212. The normalized spacial score (nSPS) is 16.9. The van der Waals surface area contributed by atoms with Crippen LogP contribution in [-0.4, -0.2) is 21.1 Å². The molecule has 0 spiro atoms. The lowest BCUT2D eigenvalue weighted by Crippen LogP contribution is -2.17. The van der Waals surface area contributed by atoms with Crippen LogP contribution in [0.3, 0.4) is 0 Å². The van der Waals surface area contributed by atoms with Crippen molar-refractivity contribution in [3.63, 3.8) is 0 Å². The summed E-state index contributed by atoms with van der Waals surface area (Å²) in [6.45, 7) is 0. The van der Waals surface area contributed by atoms with Crippen LogP contribution >= 0.6 is 0 Å². The maximum absolute atomic E-state index is 6.42. The highest BCUT2D eigenvalue weighted by Gasteiger charge is 2.34. The van der Waals surface area contributed by atoms with Gasteiger partial charge in [-0.2, -0.15) is 0 Å². The molecule has 5 heteroatoms. The van der Waals surface area contributed by atoms with Crippen molar-refractivity contribution in [2.24, 2.45) is 0 Å². The van der Waals surface area contributed by atoms with Crippen LogP contribution in [0.1, 0.15) is 17.0 Å². The summed E-state index contributed by atoms with van der Waals surface area (Å²) >= 11 is 0. The molecule has 208 valence electrons. The van der Waals surface area contributed by atoms with Crippen LogP contribution < -0.4 is 4.74 Å². The molecule has 0 radical (unpaired) electrons. The Morgan fingerprint density at radius 2 is 1.23 bits per heavy atom. The fourth-order valence-electron chi connectivity index (χ4n) is 6.44. The van der Waals surface area contributed by atoms with E-state index in [1.54, 1.807) is 0 Å². The van der Waals surface area contributed by atoms with Crippen molar-refractivity contribution < 1.29 is 9.15 Å². The largest absolute Gasteiger partial charge is 0.485 e. The zero-order valence-electron chi connectivity index (χ0n) is 23.6. The number of furan rings is 1. The molecule has 2 unspecified atom stereocenters. The van der Waals surface area contributed by atoms with E-state index in [0.717, 1.165) is 55.5 Å². The first-order chi connectivity index (χ1) is 21.8. The van der Waals surface area contributed by atoms with Crippen molar-refractivity contribution in [2.75, 3.05) is 0 Å². The molecule has 44 heavy (non-hydrogen) atoms. The zero-order valence-corrected chi connectivity index (χ0v) is 23.6. The van der Waals surface area contributed by atoms with Gasteiger partial charge in [-0.1, -0.05) is 109 Å². The Kier molecular flexibility index (Phi) is 5.56. The van der Waals surface area contributed by atoms with Crippen LogP contribution in [0.15, 0.2) is 144 Å². The van der Waals surface area contributed by atoms with Gasteiger partial charge < -0.3 is 9.15 Å². The number of aromatic nitrogens is 3. The summed E-state index contributed by atoms with van der Waals surface area (Å²) in [6, 6.07) is 40.8. The predicted octanol–water partition coefficient (Wildman–Crippen LogP) is 9.27. The first kappa shape index (κ1) is 24.8. The van der Waals surface area contributed by atoms with Gasteiger partial charge in [0.1, 0.15) is 23.0 Å². The fraction of sp³-hybridized carbons (Fsp3) is 0.0513. The molecular formula is C39H25N3O2. The van der Waals surface area contributed by atoms with Gasteiger partial charge in [0.25, 0.3) is 0 Å². The molecule has 9 rings (SSSR count). The van der Waals surface area contributed by atoms with E-state index in [4.69, 9.17) is 24.1 Å². The SMILES string of the molecule is C1=CC2c3ccccc3OC2C=C1c1ccc2oc3ccccc3c2c1-c1nc(-c2ccccc2)nc(-c2ccccc2)n1. The van der Waals surface area contributed by atoms with Crippen LogP contribution in [0.5, 0.6) is 5.75 Å². The summed E-state index contributed by atoms with van der Waals surface area (Å²) < 4.78 is 12.8. The number of rotatable bonds is 4. The molecule has 1 aliphatic heterocycles. The van der Waals surface area contributed by atoms with E-state index in [-0.39, 0.29) is 12.0 Å². The maximum Gasteiger partial charge on any atom is 0.165 e. The number of nitrogens with zero attached hydrogens (tertiary/aromatic N) is 3. The summed E-state index contributed by atoms with van der Waals surface area (Å²) in [5.74, 6) is 2.96. The first-order valence-electron chi connectivity index (χ1n) is 14.8. The van der Waals surface area contributed by atoms with Crippen LogP contribution in [0.25, 0.3) is 61.7 Å². The first-order valence-corrected chi connectivity index (χ1v) is 14.8. The van der Waals surface area contributed by atoms with Crippen LogP contribution in [-0.2, 0) is 0 Å². The lowest BCUT2D eigenvalue weighted by atomic mass is 9.85. The molecule has 7 aromatic rings. The lowest BCUT2D eigenvalue weighted by Gasteiger charge is -2.20. The molecule has 2 aliphatic rings. The Labute approximate surface area is 253 Å². The van der Waals surface area contributed by atoms with E-state index in [0.29, 0.717) is 17.5 Å². The third kappa shape index (κ3) is 3.97. The standard InChI is InChI=1S/C39H25N3O2/c1-3-11-24(12-4-1)37-40-38(25-13-5-2-6-14-25)42-39(41-37)36-27(21-22-33-35(36)30-16-8-10-18-32(30)43-33)26-19-20-29-28-15-7-9-17-31(28)44-34(29)23-26/h1-23,29,34H. The van der Waals surface area contributed by atoms with Crippen LogP contribution in [0, 0.1) is 0 Å². The molecule has 0 N–H and O–H groups in total. The second kappa shape index (κ2) is 9.89. The molecule has 3 heterocycles. The highest BCUT2D eigenvalue weighted by Crippen LogP contribution is 2.46. The minimum Gasteiger partial charge on any atom is -0.485 e. The monoisotopic (exact) mass is 567 g/mol. The van der Waals surface area contributed by atoms with Gasteiger partial charge in [0.15, 0.2) is 17.5 Å². The second-order valence-corrected chi connectivity index (χ2v) is 11.1. The topological polar surface area (TPSA) is 61.0 Å². The number of fused-ring (bicyclic) bond motifs is 6. The Hall–Kier alpha value is -5.81. The van der Waals surface area contributed by atoms with Gasteiger partial charge in [-0.3, -0.25) is 0 Å². The minimum absolute atomic E-state index is 0.0878. The summed E-state index contributed by atoms with van der Waals surface area (Å²) in [4.78, 5) is 15.2. The zero-order chi connectivity index (χ0) is 29.0. The number of benzene rings is 5. The smallest absolute Gasteiger partial charge is 0.165 e. The molecule has 0 fully saturated rings. The molecule has 0 saturated carbocycles. The number of hydrogen-bond acceptors (Lipinski definition) is 5. The Morgan fingerprint density at radius 1 is 0.568 bits per heavy atom. The Bertz CT molecular complexity index is 2210. The molecule has 2 atom stereocenters. The molecular weight excluding hydrogens is 542 g/mol. The van der Waals surface area contributed by atoms with Crippen molar-refractivity contribution in [3.05, 3.63) is 151 Å². The van der Waals surface area contributed by atoms with E-state index in [1.165, 1.54) is 5.56 Å². The van der Waals surface area contributed by atoms with E-state index in [9.17, 15) is 0 Å². The number of allylic oxidation sites excluding steroid dienone is 2. The van der Waals surface area contributed by atoms with Crippen molar-refractivity contribution >= 4 is 27.5 Å². The maximum atomic E-state index is 6.42. The van der Waals surface area contributed by atoms with Gasteiger partial charge in [0.2, 0.25) is 0 Å². The molecule has 0 bridgehead atoms. The average Bonchev–Trinajstić information content (AvgIpc) is 3.66. The number of ether oxygens (including phenoxy) is 1. The van der Waals surface area contributed by atoms with Gasteiger partial charge in [-0.25, -0.2) is 15.0 Å². The molecule has 1 aliphatic carbocycles. The van der Waals surface area contributed by atoms with Gasteiger partial charge in [0, 0.05) is 38.9 Å². The van der Waals surface area contributed by atoms with E-state index in [1.807, 2.05) is 91.0 Å². The molecule has 5 nitrogen and oxygen atoms in total. The summed E-state index contributed by atoms with van der Waals surface area (Å²) in [7, 11) is 0. The van der Waals surface area contributed by atoms with Crippen molar-refractivity contribution in [3.8, 4) is 39.9 Å². The third-order valence-corrected chi connectivity index (χ3v) is 8.50. The number of para-hydroxylation sites is 2. The Balaban J connectivity index is 1.31. The van der Waals surface area contributed by atoms with Crippen molar-refractivity contribution in [1.82, 2.24) is 15.0 Å². The van der Waals surface area contributed by atoms with Crippen LogP contribution in [0.4, 0.5) is 0 Å². The average molecular weight is 568 g/mol. The van der Waals surface area contributed by atoms with Gasteiger partial charge in [0.05, 0.1) is 0 Å². The van der Waals surface area contributed by atoms with Gasteiger partial charge >= 0.3 is 0 Å². The third-order valence-electron chi connectivity index (χ3n) is 8.50. The fourth-order valence-corrected chi connectivity index (χ4v) is 6.44. The van der Waals surface area contributed by atoms with E-state index in [2.05, 4.69) is 48.6 Å². The second-order valence-electron chi connectivity index (χ2n) is 11.1. The summed E-state index contributed by atoms with van der Waals surface area (Å²) in [5, 5.41) is 2.00. The molecule has 0 saturated heterocycles.